The molecule has 2 nitrogen and oxygen atoms in total. The minimum atomic E-state index is -0.215. The Balaban J connectivity index is 3.75. The van der Waals surface area contributed by atoms with Crippen LogP contribution in [0.2, 0.25) is 0 Å². The Hall–Kier alpha value is -0.520. The Morgan fingerprint density at radius 3 is 2.55 bits per heavy atom. The van der Waals surface area contributed by atoms with Gasteiger partial charge in [-0.2, -0.15) is 0 Å². The van der Waals surface area contributed by atoms with Gasteiger partial charge in [-0.3, -0.25) is 0 Å². The Bertz CT molecular complexity index is 143. The van der Waals surface area contributed by atoms with Crippen LogP contribution in [0.1, 0.15) is 33.6 Å². The van der Waals surface area contributed by atoms with Gasteiger partial charge in [-0.05, 0) is 20.3 Å². The van der Waals surface area contributed by atoms with Gasteiger partial charge in [-0.15, -0.1) is 5.92 Å². The van der Waals surface area contributed by atoms with Crippen molar-refractivity contribution in [1.82, 2.24) is 0 Å². The Kier molecular flexibility index (Phi) is 5.91. The molecule has 0 aliphatic carbocycles. The van der Waals surface area contributed by atoms with Crippen molar-refractivity contribution < 1.29 is 4.74 Å². The van der Waals surface area contributed by atoms with Crippen LogP contribution < -0.4 is 5.73 Å². The molecule has 0 radical (unpaired) electrons. The first-order valence-corrected chi connectivity index (χ1v) is 4.04. The quantitative estimate of drug-likeness (QED) is 0.493. The molecule has 0 aromatic rings. The monoisotopic (exact) mass is 155 g/mol. The van der Waals surface area contributed by atoms with E-state index < -0.39 is 0 Å². The third-order valence-corrected chi connectivity index (χ3v) is 1.24. The number of ether oxygens (including phenoxy) is 1. The Labute approximate surface area is 69.1 Å². The summed E-state index contributed by atoms with van der Waals surface area (Å²) in [5.74, 6) is 5.79. The fraction of sp³-hybridized carbons (Fsp3) is 0.778. The summed E-state index contributed by atoms with van der Waals surface area (Å²) >= 11 is 0. The van der Waals surface area contributed by atoms with Gasteiger partial charge < -0.3 is 10.5 Å². The van der Waals surface area contributed by atoms with E-state index in [1.165, 1.54) is 0 Å². The molecule has 2 heteroatoms. The van der Waals surface area contributed by atoms with Crippen LogP contribution in [0.3, 0.4) is 0 Å². The standard InChI is InChI=1S/C9H17NO/c1-4-6-9(7-5-2)11-8(3)10/h8-9H,4,6,10H2,1-3H3. The van der Waals surface area contributed by atoms with Gasteiger partial charge in [0.25, 0.3) is 0 Å². The van der Waals surface area contributed by atoms with Crippen molar-refractivity contribution in [3.63, 3.8) is 0 Å². The SMILES string of the molecule is CC#CC(CCC)OC(C)N. The zero-order valence-corrected chi connectivity index (χ0v) is 7.55. The normalized spacial score (nSPS) is 14.9. The minimum absolute atomic E-state index is 0.0185. The van der Waals surface area contributed by atoms with Crippen LogP contribution in [0, 0.1) is 11.8 Å². The molecule has 0 aromatic heterocycles. The number of rotatable bonds is 4. The molecule has 0 aliphatic heterocycles. The first-order valence-electron chi connectivity index (χ1n) is 4.04. The molecule has 0 heterocycles. The fourth-order valence-corrected chi connectivity index (χ4v) is 0.857. The van der Waals surface area contributed by atoms with Crippen LogP contribution in [-0.4, -0.2) is 12.3 Å². The van der Waals surface area contributed by atoms with Crippen molar-refractivity contribution in [3.8, 4) is 11.8 Å². The van der Waals surface area contributed by atoms with E-state index >= 15 is 0 Å². The molecule has 0 saturated heterocycles. The lowest BCUT2D eigenvalue weighted by molar-refractivity contribution is 0.0291. The smallest absolute Gasteiger partial charge is 0.120 e. The summed E-state index contributed by atoms with van der Waals surface area (Å²) in [7, 11) is 0. The van der Waals surface area contributed by atoms with E-state index in [0.29, 0.717) is 0 Å². The second kappa shape index (κ2) is 6.21. The average Bonchev–Trinajstić information content (AvgIpc) is 1.87. The number of hydrogen-bond acceptors (Lipinski definition) is 2. The summed E-state index contributed by atoms with van der Waals surface area (Å²) in [6.45, 7) is 5.74. The van der Waals surface area contributed by atoms with E-state index in [9.17, 15) is 0 Å². The Morgan fingerprint density at radius 1 is 1.55 bits per heavy atom. The molecule has 0 rings (SSSR count). The lowest BCUT2D eigenvalue weighted by Crippen LogP contribution is -2.25. The van der Waals surface area contributed by atoms with Crippen molar-refractivity contribution in [3.05, 3.63) is 0 Å². The molecule has 2 atom stereocenters. The lowest BCUT2D eigenvalue weighted by atomic mass is 10.2. The van der Waals surface area contributed by atoms with Crippen LogP contribution in [0.15, 0.2) is 0 Å². The summed E-state index contributed by atoms with van der Waals surface area (Å²) in [6.07, 6.45) is 1.84. The zero-order valence-electron chi connectivity index (χ0n) is 7.55. The van der Waals surface area contributed by atoms with Crippen molar-refractivity contribution >= 4 is 0 Å². The minimum Gasteiger partial charge on any atom is -0.348 e. The Morgan fingerprint density at radius 2 is 2.18 bits per heavy atom. The summed E-state index contributed by atoms with van der Waals surface area (Å²) in [6, 6.07) is 0. The molecule has 2 N–H and O–H groups in total. The maximum atomic E-state index is 5.46. The molecule has 0 amide bonds. The van der Waals surface area contributed by atoms with Gasteiger partial charge in [0.2, 0.25) is 0 Å². The fourth-order valence-electron chi connectivity index (χ4n) is 0.857. The van der Waals surface area contributed by atoms with Crippen LogP contribution in [0.4, 0.5) is 0 Å². The highest BCUT2D eigenvalue weighted by molar-refractivity contribution is 5.02. The van der Waals surface area contributed by atoms with E-state index in [2.05, 4.69) is 18.8 Å². The molecule has 64 valence electrons. The van der Waals surface area contributed by atoms with Gasteiger partial charge in [0, 0.05) is 0 Å². The van der Waals surface area contributed by atoms with Gasteiger partial charge in [0.1, 0.15) is 12.3 Å². The van der Waals surface area contributed by atoms with Gasteiger partial charge in [0.15, 0.2) is 0 Å². The highest BCUT2D eigenvalue weighted by Gasteiger charge is 2.05. The summed E-state index contributed by atoms with van der Waals surface area (Å²) in [5.41, 5.74) is 5.46. The number of hydrogen-bond donors (Lipinski definition) is 1. The van der Waals surface area contributed by atoms with E-state index in [1.54, 1.807) is 0 Å². The third-order valence-electron chi connectivity index (χ3n) is 1.24. The lowest BCUT2D eigenvalue weighted by Gasteiger charge is -2.13. The van der Waals surface area contributed by atoms with Gasteiger partial charge >= 0.3 is 0 Å². The van der Waals surface area contributed by atoms with Crippen LogP contribution in [0.25, 0.3) is 0 Å². The molecule has 0 spiro atoms. The molecule has 0 aromatic carbocycles. The highest BCUT2D eigenvalue weighted by atomic mass is 16.5. The maximum absolute atomic E-state index is 5.46. The van der Waals surface area contributed by atoms with Crippen molar-refractivity contribution in [2.24, 2.45) is 5.73 Å². The van der Waals surface area contributed by atoms with E-state index in [-0.39, 0.29) is 12.3 Å². The second-order valence-corrected chi connectivity index (χ2v) is 2.51. The second-order valence-electron chi connectivity index (χ2n) is 2.51. The third kappa shape index (κ3) is 5.90. The van der Waals surface area contributed by atoms with E-state index in [0.717, 1.165) is 12.8 Å². The molecular weight excluding hydrogens is 138 g/mol. The van der Waals surface area contributed by atoms with Gasteiger partial charge in [-0.1, -0.05) is 19.3 Å². The molecule has 11 heavy (non-hydrogen) atoms. The summed E-state index contributed by atoms with van der Waals surface area (Å²) < 4.78 is 5.34. The average molecular weight is 155 g/mol. The first kappa shape index (κ1) is 10.5. The zero-order chi connectivity index (χ0) is 8.69. The highest BCUT2D eigenvalue weighted by Crippen LogP contribution is 2.01. The van der Waals surface area contributed by atoms with Crippen molar-refractivity contribution in [2.45, 2.75) is 45.9 Å². The summed E-state index contributed by atoms with van der Waals surface area (Å²) in [4.78, 5) is 0. The predicted octanol–water partition coefficient (Wildman–Crippen LogP) is 1.50. The molecule has 2 unspecified atom stereocenters. The molecular formula is C9H17NO. The predicted molar refractivity (Wildman–Crippen MR) is 46.9 cm³/mol. The van der Waals surface area contributed by atoms with Gasteiger partial charge in [-0.25, -0.2) is 0 Å². The van der Waals surface area contributed by atoms with E-state index in [1.807, 2.05) is 13.8 Å². The number of nitrogens with two attached hydrogens (primary N) is 1. The van der Waals surface area contributed by atoms with Crippen molar-refractivity contribution in [2.75, 3.05) is 0 Å². The van der Waals surface area contributed by atoms with Gasteiger partial charge in [0.05, 0.1) is 0 Å². The maximum Gasteiger partial charge on any atom is 0.120 e. The van der Waals surface area contributed by atoms with Crippen LogP contribution in [0.5, 0.6) is 0 Å². The van der Waals surface area contributed by atoms with Crippen LogP contribution in [-0.2, 0) is 4.74 Å². The summed E-state index contributed by atoms with van der Waals surface area (Å²) in [5, 5.41) is 0. The van der Waals surface area contributed by atoms with Crippen molar-refractivity contribution in [1.29, 1.82) is 0 Å². The first-order chi connectivity index (χ1) is 5.20. The molecule has 0 fully saturated rings. The van der Waals surface area contributed by atoms with E-state index in [4.69, 9.17) is 10.5 Å². The topological polar surface area (TPSA) is 35.2 Å². The van der Waals surface area contributed by atoms with Crippen LogP contribution >= 0.6 is 0 Å². The largest absolute Gasteiger partial charge is 0.348 e. The molecule has 0 aliphatic rings. The molecule has 0 bridgehead atoms. The molecule has 0 saturated carbocycles.